The van der Waals surface area contributed by atoms with Gasteiger partial charge in [0.25, 0.3) is 5.91 Å². The second kappa shape index (κ2) is 9.66. The van der Waals surface area contributed by atoms with Crippen LogP contribution < -0.4 is 16.0 Å². The van der Waals surface area contributed by atoms with Crippen molar-refractivity contribution in [2.24, 2.45) is 7.05 Å². The third kappa shape index (κ3) is 5.43. The first-order chi connectivity index (χ1) is 15.2. The van der Waals surface area contributed by atoms with Gasteiger partial charge in [-0.15, -0.1) is 0 Å². The maximum Gasteiger partial charge on any atom is 0.407 e. The van der Waals surface area contributed by atoms with Crippen molar-refractivity contribution in [1.82, 2.24) is 20.2 Å². The number of aromatic nitrogens is 2. The number of alkyl halides is 1. The molecule has 0 unspecified atom stereocenters. The molecular formula is C21H30FN5O5. The van der Waals surface area contributed by atoms with Gasteiger partial charge in [0.15, 0.2) is 5.82 Å². The van der Waals surface area contributed by atoms with E-state index in [2.05, 4.69) is 20.9 Å². The Morgan fingerprint density at radius 2 is 1.88 bits per heavy atom. The Bertz CT molecular complexity index is 876. The maximum atomic E-state index is 15.1. The van der Waals surface area contributed by atoms with E-state index in [4.69, 9.17) is 4.74 Å². The van der Waals surface area contributed by atoms with Crippen LogP contribution >= 0.6 is 0 Å². The Morgan fingerprint density at radius 1 is 1.19 bits per heavy atom. The molecule has 0 saturated heterocycles. The molecule has 0 radical (unpaired) electrons. The molecule has 0 spiro atoms. The highest BCUT2D eigenvalue weighted by Crippen LogP contribution is 2.38. The number of halogens is 1. The molecular weight excluding hydrogens is 421 g/mol. The van der Waals surface area contributed by atoms with Crippen molar-refractivity contribution >= 4 is 29.5 Å². The van der Waals surface area contributed by atoms with Gasteiger partial charge in [0.1, 0.15) is 17.2 Å². The smallest absolute Gasteiger partial charge is 0.407 e. The van der Waals surface area contributed by atoms with Crippen molar-refractivity contribution in [3.8, 4) is 0 Å². The van der Waals surface area contributed by atoms with Crippen LogP contribution in [0.4, 0.5) is 15.0 Å². The number of carbonyl (C=O) groups is 4. The van der Waals surface area contributed by atoms with E-state index >= 15 is 4.39 Å². The van der Waals surface area contributed by atoms with Crippen LogP contribution in [0.1, 0.15) is 58.3 Å². The van der Waals surface area contributed by atoms with Gasteiger partial charge < -0.3 is 25.3 Å². The zero-order chi connectivity index (χ0) is 23.4. The average Bonchev–Trinajstić information content (AvgIpc) is 3.31. The van der Waals surface area contributed by atoms with Crippen LogP contribution in [-0.2, 0) is 26.2 Å². The fourth-order valence-electron chi connectivity index (χ4n) is 4.23. The second-order valence-electron chi connectivity index (χ2n) is 8.61. The molecule has 2 aliphatic carbocycles. The monoisotopic (exact) mass is 451 g/mol. The number of nitrogens with zero attached hydrogens (tertiary/aromatic N) is 2. The molecule has 32 heavy (non-hydrogen) atoms. The average molecular weight is 451 g/mol. The van der Waals surface area contributed by atoms with Crippen molar-refractivity contribution < 1.29 is 28.3 Å². The summed E-state index contributed by atoms with van der Waals surface area (Å²) in [5.41, 5.74) is -2.96. The summed E-state index contributed by atoms with van der Waals surface area (Å²) in [4.78, 5) is 54.4. The van der Waals surface area contributed by atoms with Crippen molar-refractivity contribution in [2.75, 3.05) is 11.9 Å². The number of rotatable bonds is 9. The van der Waals surface area contributed by atoms with Crippen LogP contribution in [0.2, 0.25) is 0 Å². The number of anilines is 1. The third-order valence-electron chi connectivity index (χ3n) is 6.11. The van der Waals surface area contributed by atoms with E-state index in [0.717, 1.165) is 0 Å². The number of hydrogen-bond acceptors (Lipinski definition) is 6. The summed E-state index contributed by atoms with van der Waals surface area (Å²) >= 11 is 0. The number of ether oxygens (including phenoxy) is 1. The van der Waals surface area contributed by atoms with Gasteiger partial charge in [0, 0.05) is 19.7 Å². The molecule has 3 amide bonds. The molecule has 2 fully saturated rings. The van der Waals surface area contributed by atoms with E-state index in [1.54, 1.807) is 24.7 Å². The first kappa shape index (κ1) is 23.7. The summed E-state index contributed by atoms with van der Waals surface area (Å²) in [5.74, 6) is -2.18. The summed E-state index contributed by atoms with van der Waals surface area (Å²) in [6.45, 7) is 1.71. The number of alkyl carbamates (subject to hydrolysis) is 1. The van der Waals surface area contributed by atoms with Gasteiger partial charge in [-0.05, 0) is 39.0 Å². The topological polar surface area (TPSA) is 131 Å². The van der Waals surface area contributed by atoms with Crippen LogP contribution in [0, 0.1) is 0 Å². The van der Waals surface area contributed by atoms with Crippen LogP contribution in [-0.4, -0.2) is 57.1 Å². The third-order valence-corrected chi connectivity index (χ3v) is 6.11. The number of imidazole rings is 1. The lowest BCUT2D eigenvalue weighted by Crippen LogP contribution is -2.65. The molecule has 1 aromatic heterocycles. The molecule has 1 heterocycles. The minimum absolute atomic E-state index is 0.0943. The minimum atomic E-state index is -1.57. The molecule has 3 rings (SSSR count). The lowest BCUT2D eigenvalue weighted by atomic mass is 9.73. The zero-order valence-electron chi connectivity index (χ0n) is 18.4. The van der Waals surface area contributed by atoms with E-state index in [1.807, 2.05) is 0 Å². The molecule has 11 heteroatoms. The number of hydrogen-bond donors (Lipinski definition) is 3. The number of carbonyl (C=O) groups excluding carboxylic acids is 4. The van der Waals surface area contributed by atoms with Gasteiger partial charge in [0.05, 0.1) is 12.9 Å². The molecule has 3 N–H and O–H groups in total. The number of ketones is 1. The highest BCUT2D eigenvalue weighted by Gasteiger charge is 2.50. The second-order valence-corrected chi connectivity index (χ2v) is 8.61. The summed E-state index contributed by atoms with van der Waals surface area (Å²) in [7, 11) is 1.72. The summed E-state index contributed by atoms with van der Waals surface area (Å²) in [6, 6.07) is -1.22. The van der Waals surface area contributed by atoms with Crippen molar-refractivity contribution in [1.29, 1.82) is 0 Å². The largest absolute Gasteiger partial charge is 0.450 e. The Labute approximate surface area is 185 Å². The van der Waals surface area contributed by atoms with Gasteiger partial charge in [-0.25, -0.2) is 14.2 Å². The minimum Gasteiger partial charge on any atom is -0.450 e. The highest BCUT2D eigenvalue weighted by molar-refractivity contribution is 6.44. The number of nitrogens with one attached hydrogen (secondary N) is 3. The molecule has 2 saturated carbocycles. The van der Waals surface area contributed by atoms with E-state index < -0.39 is 40.9 Å². The molecule has 0 bridgehead atoms. The molecule has 0 aromatic carbocycles. The Hall–Kier alpha value is -2.98. The highest BCUT2D eigenvalue weighted by atomic mass is 19.1. The van der Waals surface area contributed by atoms with Gasteiger partial charge in [0.2, 0.25) is 11.7 Å². The molecule has 0 aliphatic heterocycles. The van der Waals surface area contributed by atoms with Crippen molar-refractivity contribution in [3.63, 3.8) is 0 Å². The lowest BCUT2D eigenvalue weighted by molar-refractivity contribution is -0.144. The molecule has 1 aromatic rings. The summed E-state index contributed by atoms with van der Waals surface area (Å²) in [6.07, 6.45) is 5.18. The van der Waals surface area contributed by atoms with Crippen molar-refractivity contribution in [3.05, 3.63) is 12.5 Å². The van der Waals surface area contributed by atoms with Gasteiger partial charge in [-0.2, -0.15) is 0 Å². The summed E-state index contributed by atoms with van der Waals surface area (Å²) < 4.78 is 21.6. The van der Waals surface area contributed by atoms with Crippen LogP contribution in [0.15, 0.2) is 12.5 Å². The predicted molar refractivity (Wildman–Crippen MR) is 112 cm³/mol. The van der Waals surface area contributed by atoms with Gasteiger partial charge in [-0.3, -0.25) is 14.4 Å². The molecule has 1 atom stereocenters. The van der Waals surface area contributed by atoms with Gasteiger partial charge in [-0.1, -0.05) is 12.8 Å². The van der Waals surface area contributed by atoms with Crippen LogP contribution in [0.5, 0.6) is 0 Å². The SMILES string of the molecule is CCOC(=O)N[C@@H](CC1(F)CCCC1)C(=O)NC1(C(=O)C(=O)Nc2cn(C)cn2)CCC1. The normalized spacial score (nSPS) is 19.3. The van der Waals surface area contributed by atoms with E-state index in [1.165, 1.54) is 6.33 Å². The van der Waals surface area contributed by atoms with E-state index in [9.17, 15) is 19.2 Å². The van der Waals surface area contributed by atoms with E-state index in [0.29, 0.717) is 32.1 Å². The summed E-state index contributed by atoms with van der Waals surface area (Å²) in [5, 5.41) is 7.47. The molecule has 176 valence electrons. The molecule has 10 nitrogen and oxygen atoms in total. The maximum absolute atomic E-state index is 15.1. The Balaban J connectivity index is 1.70. The first-order valence-corrected chi connectivity index (χ1v) is 10.9. The fraction of sp³-hybridized carbons (Fsp3) is 0.667. The Kier molecular flexibility index (Phi) is 7.15. The van der Waals surface area contributed by atoms with E-state index in [-0.39, 0.29) is 31.7 Å². The van der Waals surface area contributed by atoms with Crippen LogP contribution in [0.25, 0.3) is 0 Å². The lowest BCUT2D eigenvalue weighted by Gasteiger charge is -2.41. The quantitative estimate of drug-likeness (QED) is 0.490. The Morgan fingerprint density at radius 3 is 2.41 bits per heavy atom. The standard InChI is InChI=1S/C21H30FN5O5/c1-3-32-19(31)24-14(11-20(22)7-4-5-8-20)17(29)26-21(9-6-10-21)16(28)18(30)25-15-12-27(2)13-23-15/h12-14H,3-11H2,1-2H3,(H,24,31)(H,25,30)(H,26,29)/t14-/m0/s1. The fourth-order valence-corrected chi connectivity index (χ4v) is 4.23. The number of amides is 3. The van der Waals surface area contributed by atoms with Crippen LogP contribution in [0.3, 0.4) is 0 Å². The van der Waals surface area contributed by atoms with Crippen molar-refractivity contribution in [2.45, 2.75) is 75.5 Å². The molecule has 2 aliphatic rings. The first-order valence-electron chi connectivity index (χ1n) is 10.9. The predicted octanol–water partition coefficient (Wildman–Crippen LogP) is 1.75. The number of Topliss-reactive ketones (excluding diaryl/α,β-unsaturated/α-hetero) is 1. The van der Waals surface area contributed by atoms with Gasteiger partial charge >= 0.3 is 6.09 Å². The number of aryl methyl sites for hydroxylation is 1. The zero-order valence-corrected chi connectivity index (χ0v) is 18.4.